The molecular formula is C24H24N6O. The van der Waals surface area contributed by atoms with Gasteiger partial charge in [-0.15, -0.1) is 0 Å². The molecular weight excluding hydrogens is 388 g/mol. The van der Waals surface area contributed by atoms with Crippen molar-refractivity contribution in [1.82, 2.24) is 25.1 Å². The molecule has 0 fully saturated rings. The minimum absolute atomic E-state index is 0.104. The molecule has 4 rings (SSSR count). The Morgan fingerprint density at radius 1 is 0.903 bits per heavy atom. The lowest BCUT2D eigenvalue weighted by molar-refractivity contribution is 0.0955. The van der Waals surface area contributed by atoms with E-state index in [1.54, 1.807) is 4.68 Å². The van der Waals surface area contributed by atoms with Crippen LogP contribution >= 0.6 is 0 Å². The van der Waals surface area contributed by atoms with Crippen molar-refractivity contribution >= 4 is 11.7 Å². The molecule has 31 heavy (non-hydrogen) atoms. The van der Waals surface area contributed by atoms with Gasteiger partial charge in [-0.2, -0.15) is 5.10 Å². The second kappa shape index (κ2) is 9.21. The quantitative estimate of drug-likeness (QED) is 0.451. The number of nitrogens with zero attached hydrogens (tertiary/aromatic N) is 4. The van der Waals surface area contributed by atoms with Crippen molar-refractivity contribution in [2.75, 3.05) is 18.4 Å². The van der Waals surface area contributed by atoms with E-state index in [9.17, 15) is 4.79 Å². The maximum Gasteiger partial charge on any atom is 0.251 e. The highest BCUT2D eigenvalue weighted by atomic mass is 16.1. The molecule has 0 atom stereocenters. The molecule has 2 aromatic heterocycles. The zero-order chi connectivity index (χ0) is 21.6. The summed E-state index contributed by atoms with van der Waals surface area (Å²) in [4.78, 5) is 20.9. The lowest BCUT2D eigenvalue weighted by Gasteiger charge is -2.09. The molecule has 2 aromatic carbocycles. The number of anilines is 1. The summed E-state index contributed by atoms with van der Waals surface area (Å²) in [6.45, 7) is 4.94. The minimum atomic E-state index is -0.104. The summed E-state index contributed by atoms with van der Waals surface area (Å²) >= 11 is 0. The summed E-state index contributed by atoms with van der Waals surface area (Å²) < 4.78 is 1.78. The van der Waals surface area contributed by atoms with Gasteiger partial charge in [0.2, 0.25) is 0 Å². The van der Waals surface area contributed by atoms with Gasteiger partial charge in [-0.25, -0.2) is 14.6 Å². The summed E-state index contributed by atoms with van der Waals surface area (Å²) in [6, 6.07) is 21.5. The Hall–Kier alpha value is -4.00. The van der Waals surface area contributed by atoms with Gasteiger partial charge in [0.05, 0.1) is 5.69 Å². The van der Waals surface area contributed by atoms with Gasteiger partial charge in [-0.05, 0) is 43.2 Å². The Balaban J connectivity index is 1.29. The molecule has 1 amide bonds. The maximum absolute atomic E-state index is 12.4. The van der Waals surface area contributed by atoms with E-state index in [4.69, 9.17) is 0 Å². The second-order valence-corrected chi connectivity index (χ2v) is 7.23. The number of hydrogen-bond donors (Lipinski definition) is 2. The summed E-state index contributed by atoms with van der Waals surface area (Å²) in [5.74, 6) is 1.28. The Labute approximate surface area is 181 Å². The van der Waals surface area contributed by atoms with Gasteiger partial charge in [0, 0.05) is 30.4 Å². The molecule has 7 nitrogen and oxygen atoms in total. The zero-order valence-electron chi connectivity index (χ0n) is 17.5. The van der Waals surface area contributed by atoms with Gasteiger partial charge in [0.1, 0.15) is 12.1 Å². The van der Waals surface area contributed by atoms with Crippen LogP contribution in [0.25, 0.3) is 16.9 Å². The first kappa shape index (κ1) is 20.3. The molecule has 0 saturated heterocycles. The van der Waals surface area contributed by atoms with Gasteiger partial charge >= 0.3 is 0 Å². The van der Waals surface area contributed by atoms with Crippen LogP contribution in [0.15, 0.2) is 73.1 Å². The van der Waals surface area contributed by atoms with Gasteiger partial charge < -0.3 is 10.6 Å². The third-order valence-corrected chi connectivity index (χ3v) is 4.85. The molecule has 156 valence electrons. The van der Waals surface area contributed by atoms with Crippen molar-refractivity contribution < 1.29 is 4.79 Å². The molecule has 0 bridgehead atoms. The molecule has 0 spiro atoms. The summed E-state index contributed by atoms with van der Waals surface area (Å²) in [6.07, 6.45) is 1.50. The molecule has 0 aliphatic rings. The van der Waals surface area contributed by atoms with E-state index < -0.39 is 0 Å². The van der Waals surface area contributed by atoms with E-state index in [1.807, 2.05) is 80.6 Å². The van der Waals surface area contributed by atoms with Crippen LogP contribution < -0.4 is 10.6 Å². The molecule has 0 unspecified atom stereocenters. The topological polar surface area (TPSA) is 84.7 Å². The van der Waals surface area contributed by atoms with Crippen molar-refractivity contribution in [3.63, 3.8) is 0 Å². The first-order chi connectivity index (χ1) is 15.1. The van der Waals surface area contributed by atoms with Crippen LogP contribution in [0, 0.1) is 13.8 Å². The highest BCUT2D eigenvalue weighted by Crippen LogP contribution is 2.19. The summed E-state index contributed by atoms with van der Waals surface area (Å²) in [7, 11) is 0. The third kappa shape index (κ3) is 4.95. The van der Waals surface area contributed by atoms with Crippen molar-refractivity contribution in [3.8, 4) is 16.9 Å². The highest BCUT2D eigenvalue weighted by molar-refractivity contribution is 5.94. The molecule has 0 radical (unpaired) electrons. The smallest absolute Gasteiger partial charge is 0.251 e. The van der Waals surface area contributed by atoms with Crippen molar-refractivity contribution in [1.29, 1.82) is 0 Å². The van der Waals surface area contributed by atoms with Crippen LogP contribution in [0.1, 0.15) is 21.7 Å². The normalized spacial score (nSPS) is 10.6. The molecule has 0 saturated carbocycles. The van der Waals surface area contributed by atoms with Gasteiger partial charge in [-0.1, -0.05) is 42.5 Å². The van der Waals surface area contributed by atoms with Gasteiger partial charge in [0.15, 0.2) is 5.82 Å². The standard InChI is InChI=1S/C24H24N6O/c1-17-14-18(2)30(29-17)23-15-22(27-16-28-23)25-12-13-26-24(31)21-10-8-20(9-11-21)19-6-4-3-5-7-19/h3-11,14-16H,12-13H2,1-2H3,(H,26,31)(H,25,27,28). The van der Waals surface area contributed by atoms with E-state index in [0.29, 0.717) is 30.3 Å². The van der Waals surface area contributed by atoms with Crippen LogP contribution in [0.3, 0.4) is 0 Å². The van der Waals surface area contributed by atoms with E-state index in [-0.39, 0.29) is 5.91 Å². The van der Waals surface area contributed by atoms with E-state index in [2.05, 4.69) is 25.7 Å². The Kier molecular flexibility index (Phi) is 6.03. The SMILES string of the molecule is Cc1cc(C)n(-c2cc(NCCNC(=O)c3ccc(-c4ccccc4)cc3)ncn2)n1. The zero-order valence-corrected chi connectivity index (χ0v) is 17.5. The Bertz CT molecular complexity index is 1170. The molecule has 4 aromatic rings. The minimum Gasteiger partial charge on any atom is -0.368 e. The monoisotopic (exact) mass is 412 g/mol. The molecule has 2 N–H and O–H groups in total. The first-order valence-corrected chi connectivity index (χ1v) is 10.1. The lowest BCUT2D eigenvalue weighted by atomic mass is 10.0. The number of carbonyl (C=O) groups excluding carboxylic acids is 1. The maximum atomic E-state index is 12.4. The van der Waals surface area contributed by atoms with E-state index in [1.165, 1.54) is 6.33 Å². The summed E-state index contributed by atoms with van der Waals surface area (Å²) in [5, 5.41) is 10.6. The van der Waals surface area contributed by atoms with E-state index >= 15 is 0 Å². The fourth-order valence-corrected chi connectivity index (χ4v) is 3.33. The predicted octanol–water partition coefficient (Wildman–Crippen LogP) is 3.79. The third-order valence-electron chi connectivity index (χ3n) is 4.85. The Morgan fingerprint density at radius 3 is 2.35 bits per heavy atom. The number of benzene rings is 2. The predicted molar refractivity (Wildman–Crippen MR) is 121 cm³/mol. The van der Waals surface area contributed by atoms with Crippen LogP contribution in [0.2, 0.25) is 0 Å². The number of rotatable bonds is 7. The first-order valence-electron chi connectivity index (χ1n) is 10.1. The number of aromatic nitrogens is 4. The fraction of sp³-hybridized carbons (Fsp3) is 0.167. The average Bonchev–Trinajstić information content (AvgIpc) is 3.15. The molecule has 2 heterocycles. The number of hydrogen-bond acceptors (Lipinski definition) is 5. The fourth-order valence-electron chi connectivity index (χ4n) is 3.33. The van der Waals surface area contributed by atoms with Crippen LogP contribution in [0.4, 0.5) is 5.82 Å². The largest absolute Gasteiger partial charge is 0.368 e. The number of nitrogens with one attached hydrogen (secondary N) is 2. The van der Waals surface area contributed by atoms with E-state index in [0.717, 1.165) is 22.5 Å². The number of amides is 1. The molecule has 7 heteroatoms. The molecule has 0 aliphatic carbocycles. The number of aryl methyl sites for hydroxylation is 2. The van der Waals surface area contributed by atoms with Crippen LogP contribution in [-0.2, 0) is 0 Å². The second-order valence-electron chi connectivity index (χ2n) is 7.23. The van der Waals surface area contributed by atoms with Crippen LogP contribution in [0.5, 0.6) is 0 Å². The molecule has 0 aliphatic heterocycles. The Morgan fingerprint density at radius 2 is 1.65 bits per heavy atom. The van der Waals surface area contributed by atoms with Crippen molar-refractivity contribution in [2.45, 2.75) is 13.8 Å². The lowest BCUT2D eigenvalue weighted by Crippen LogP contribution is -2.28. The van der Waals surface area contributed by atoms with Crippen molar-refractivity contribution in [2.24, 2.45) is 0 Å². The highest BCUT2D eigenvalue weighted by Gasteiger charge is 2.08. The van der Waals surface area contributed by atoms with Crippen LogP contribution in [-0.4, -0.2) is 38.7 Å². The average molecular weight is 412 g/mol. The van der Waals surface area contributed by atoms with Gasteiger partial charge in [0.25, 0.3) is 5.91 Å². The van der Waals surface area contributed by atoms with Crippen molar-refractivity contribution in [3.05, 3.63) is 90.0 Å². The summed E-state index contributed by atoms with van der Waals surface area (Å²) in [5.41, 5.74) is 4.79. The van der Waals surface area contributed by atoms with Gasteiger partial charge in [-0.3, -0.25) is 4.79 Å². The number of carbonyl (C=O) groups is 1.